The molecule has 1 aliphatic rings. The summed E-state index contributed by atoms with van der Waals surface area (Å²) >= 11 is 0. The topological polar surface area (TPSA) is 38.0 Å². The molecule has 3 rings (SSSR count). The lowest BCUT2D eigenvalue weighted by Crippen LogP contribution is -2.21. The number of rotatable bonds is 2. The predicted octanol–water partition coefficient (Wildman–Crippen LogP) is 2.94. The van der Waals surface area contributed by atoms with Crippen molar-refractivity contribution in [3.8, 4) is 6.07 Å². The summed E-state index contributed by atoms with van der Waals surface area (Å²) in [4.78, 5) is 0. The number of benzene rings is 1. The Labute approximate surface area is 107 Å². The second kappa shape index (κ2) is 4.83. The van der Waals surface area contributed by atoms with Crippen molar-refractivity contribution in [3.05, 3.63) is 36.0 Å². The average Bonchev–Trinajstić information content (AvgIpc) is 2.83. The lowest BCUT2D eigenvalue weighted by molar-refractivity contribution is 0.0488. The predicted molar refractivity (Wildman–Crippen MR) is 70.2 cm³/mol. The standard InChI is InChI=1S/C15H16N2O/c16-9-14-5-1-4-13-6-7-17(15(13)14)10-12-3-2-8-18-11-12/h1,4-7,12H,2-3,8,10-11H2. The number of fused-ring (bicyclic) bond motifs is 1. The van der Waals surface area contributed by atoms with E-state index in [2.05, 4.69) is 29.0 Å². The molecule has 92 valence electrons. The van der Waals surface area contributed by atoms with Gasteiger partial charge >= 0.3 is 0 Å². The van der Waals surface area contributed by atoms with Gasteiger partial charge in [-0.25, -0.2) is 0 Å². The number of ether oxygens (including phenoxy) is 1. The first-order valence-electron chi connectivity index (χ1n) is 6.44. The molecule has 1 saturated heterocycles. The molecular weight excluding hydrogens is 224 g/mol. The molecule has 1 unspecified atom stereocenters. The molecule has 18 heavy (non-hydrogen) atoms. The number of nitrogens with zero attached hydrogens (tertiary/aromatic N) is 2. The van der Waals surface area contributed by atoms with Crippen molar-refractivity contribution in [2.75, 3.05) is 13.2 Å². The summed E-state index contributed by atoms with van der Waals surface area (Å²) in [6.45, 7) is 2.68. The lowest BCUT2D eigenvalue weighted by atomic mass is 10.0. The maximum atomic E-state index is 9.20. The van der Waals surface area contributed by atoms with Crippen LogP contribution in [0.2, 0.25) is 0 Å². The van der Waals surface area contributed by atoms with Gasteiger partial charge in [0.15, 0.2) is 0 Å². The molecule has 1 aliphatic heterocycles. The molecule has 3 heteroatoms. The Morgan fingerprint density at radius 2 is 2.33 bits per heavy atom. The summed E-state index contributed by atoms with van der Waals surface area (Å²) in [6, 6.07) is 10.2. The summed E-state index contributed by atoms with van der Waals surface area (Å²) in [5.74, 6) is 0.570. The quantitative estimate of drug-likeness (QED) is 0.809. The van der Waals surface area contributed by atoms with Crippen LogP contribution in [0.4, 0.5) is 0 Å². The van der Waals surface area contributed by atoms with E-state index in [9.17, 15) is 5.26 Å². The van der Waals surface area contributed by atoms with Crippen LogP contribution in [0.25, 0.3) is 10.9 Å². The van der Waals surface area contributed by atoms with Gasteiger partial charge in [-0.3, -0.25) is 0 Å². The molecule has 1 aromatic heterocycles. The Kier molecular flexibility index (Phi) is 3.04. The SMILES string of the molecule is N#Cc1cccc2ccn(CC3CCCOC3)c12. The Morgan fingerprint density at radius 1 is 1.39 bits per heavy atom. The van der Waals surface area contributed by atoms with Crippen molar-refractivity contribution in [1.29, 1.82) is 5.26 Å². The van der Waals surface area contributed by atoms with E-state index in [-0.39, 0.29) is 0 Å². The van der Waals surface area contributed by atoms with Crippen molar-refractivity contribution in [2.45, 2.75) is 19.4 Å². The minimum atomic E-state index is 0.570. The molecule has 0 bridgehead atoms. The third-order valence-corrected chi connectivity index (χ3v) is 3.62. The number of hydrogen-bond donors (Lipinski definition) is 0. The summed E-state index contributed by atoms with van der Waals surface area (Å²) < 4.78 is 7.72. The Hall–Kier alpha value is -1.79. The van der Waals surface area contributed by atoms with E-state index >= 15 is 0 Å². The van der Waals surface area contributed by atoms with Crippen LogP contribution >= 0.6 is 0 Å². The fourth-order valence-corrected chi connectivity index (χ4v) is 2.73. The van der Waals surface area contributed by atoms with Gasteiger partial charge in [-0.15, -0.1) is 0 Å². The first-order chi connectivity index (χ1) is 8.88. The second-order valence-corrected chi connectivity index (χ2v) is 4.91. The van der Waals surface area contributed by atoms with Crippen LogP contribution in [0.5, 0.6) is 0 Å². The van der Waals surface area contributed by atoms with Crippen molar-refractivity contribution >= 4 is 10.9 Å². The number of nitriles is 1. The zero-order valence-electron chi connectivity index (χ0n) is 10.3. The van der Waals surface area contributed by atoms with E-state index in [1.807, 2.05) is 12.1 Å². The summed E-state index contributed by atoms with van der Waals surface area (Å²) in [6.07, 6.45) is 4.45. The maximum Gasteiger partial charge on any atom is 0.101 e. The van der Waals surface area contributed by atoms with Crippen LogP contribution in [0.1, 0.15) is 18.4 Å². The fourth-order valence-electron chi connectivity index (χ4n) is 2.73. The van der Waals surface area contributed by atoms with Crippen LogP contribution in [-0.2, 0) is 11.3 Å². The summed E-state index contributed by atoms with van der Waals surface area (Å²) in [5, 5.41) is 10.3. The van der Waals surface area contributed by atoms with E-state index < -0.39 is 0 Å². The Bertz CT molecular complexity index is 588. The molecule has 0 spiro atoms. The van der Waals surface area contributed by atoms with Gasteiger partial charge in [0.05, 0.1) is 17.7 Å². The van der Waals surface area contributed by atoms with Gasteiger partial charge in [0.25, 0.3) is 0 Å². The zero-order chi connectivity index (χ0) is 12.4. The molecule has 1 atom stereocenters. The van der Waals surface area contributed by atoms with E-state index in [0.717, 1.165) is 42.6 Å². The van der Waals surface area contributed by atoms with E-state index in [1.165, 1.54) is 6.42 Å². The molecular formula is C15H16N2O. The molecule has 3 nitrogen and oxygen atoms in total. The van der Waals surface area contributed by atoms with E-state index in [4.69, 9.17) is 4.74 Å². The highest BCUT2D eigenvalue weighted by Crippen LogP contribution is 2.23. The van der Waals surface area contributed by atoms with Gasteiger partial charge in [-0.1, -0.05) is 12.1 Å². The number of para-hydroxylation sites is 1. The van der Waals surface area contributed by atoms with Crippen LogP contribution in [0, 0.1) is 17.2 Å². The molecule has 0 aliphatic carbocycles. The van der Waals surface area contributed by atoms with Crippen LogP contribution in [-0.4, -0.2) is 17.8 Å². The van der Waals surface area contributed by atoms with Crippen molar-refractivity contribution in [2.24, 2.45) is 5.92 Å². The van der Waals surface area contributed by atoms with Gasteiger partial charge in [0, 0.05) is 30.7 Å². The first kappa shape index (κ1) is 11.3. The fraction of sp³-hybridized carbons (Fsp3) is 0.400. The second-order valence-electron chi connectivity index (χ2n) is 4.91. The third kappa shape index (κ3) is 2.00. The number of aromatic nitrogens is 1. The van der Waals surface area contributed by atoms with Gasteiger partial charge in [-0.05, 0) is 25.0 Å². The molecule has 2 aromatic rings. The minimum Gasteiger partial charge on any atom is -0.381 e. The number of hydrogen-bond acceptors (Lipinski definition) is 2. The molecule has 1 fully saturated rings. The molecule has 0 amide bonds. The maximum absolute atomic E-state index is 9.20. The van der Waals surface area contributed by atoms with Gasteiger partial charge in [0.2, 0.25) is 0 Å². The normalized spacial score (nSPS) is 19.8. The third-order valence-electron chi connectivity index (χ3n) is 3.62. The van der Waals surface area contributed by atoms with Crippen LogP contribution < -0.4 is 0 Å². The zero-order valence-corrected chi connectivity index (χ0v) is 10.3. The molecule has 0 radical (unpaired) electrons. The highest BCUT2D eigenvalue weighted by Gasteiger charge is 2.16. The van der Waals surface area contributed by atoms with Crippen LogP contribution in [0.15, 0.2) is 30.5 Å². The highest BCUT2D eigenvalue weighted by molar-refractivity contribution is 5.85. The Balaban J connectivity index is 1.94. The van der Waals surface area contributed by atoms with Gasteiger partial charge < -0.3 is 9.30 Å². The van der Waals surface area contributed by atoms with Crippen molar-refractivity contribution in [3.63, 3.8) is 0 Å². The van der Waals surface area contributed by atoms with Gasteiger partial charge in [-0.2, -0.15) is 5.26 Å². The van der Waals surface area contributed by atoms with Crippen molar-refractivity contribution in [1.82, 2.24) is 4.57 Å². The average molecular weight is 240 g/mol. The first-order valence-corrected chi connectivity index (χ1v) is 6.44. The highest BCUT2D eigenvalue weighted by atomic mass is 16.5. The Morgan fingerprint density at radius 3 is 3.11 bits per heavy atom. The minimum absolute atomic E-state index is 0.570. The summed E-state index contributed by atoms with van der Waals surface area (Å²) in [5.41, 5.74) is 1.82. The smallest absolute Gasteiger partial charge is 0.101 e. The molecule has 1 aromatic carbocycles. The monoisotopic (exact) mass is 240 g/mol. The molecule has 0 saturated carbocycles. The van der Waals surface area contributed by atoms with Gasteiger partial charge in [0.1, 0.15) is 6.07 Å². The molecule has 0 N–H and O–H groups in total. The van der Waals surface area contributed by atoms with Crippen molar-refractivity contribution < 1.29 is 4.74 Å². The van der Waals surface area contributed by atoms with Crippen LogP contribution in [0.3, 0.4) is 0 Å². The van der Waals surface area contributed by atoms with E-state index in [0.29, 0.717) is 5.92 Å². The lowest BCUT2D eigenvalue weighted by Gasteiger charge is -2.23. The van der Waals surface area contributed by atoms with E-state index in [1.54, 1.807) is 0 Å². The summed E-state index contributed by atoms with van der Waals surface area (Å²) in [7, 11) is 0. The largest absolute Gasteiger partial charge is 0.381 e. The molecule has 2 heterocycles.